The maximum absolute atomic E-state index is 12.1. The number of hydrogen-bond acceptors (Lipinski definition) is 2. The highest BCUT2D eigenvalue weighted by atomic mass is 16.3. The van der Waals surface area contributed by atoms with Crippen molar-refractivity contribution in [2.75, 3.05) is 13.1 Å². The van der Waals surface area contributed by atoms with Crippen LogP contribution in [-0.4, -0.2) is 34.6 Å². The minimum Gasteiger partial charge on any atom is -0.386 e. The molecule has 0 aromatic heterocycles. The van der Waals surface area contributed by atoms with Gasteiger partial charge in [-0.3, -0.25) is 4.79 Å². The van der Waals surface area contributed by atoms with Crippen LogP contribution in [0.25, 0.3) is 0 Å². The molecule has 94 valence electrons. The summed E-state index contributed by atoms with van der Waals surface area (Å²) in [6.07, 6.45) is 4.81. The molecule has 3 nitrogen and oxygen atoms in total. The number of aliphatic hydroxyl groups is 1. The van der Waals surface area contributed by atoms with Gasteiger partial charge < -0.3 is 10.0 Å². The quantitative estimate of drug-likeness (QED) is 0.755. The minimum absolute atomic E-state index is 0.177. The average Bonchev–Trinajstić information content (AvgIpc) is 2.23. The fraction of sp³-hybridized carbons (Fsp3) is 0.923. The molecular weight excluding hydrogens is 202 g/mol. The van der Waals surface area contributed by atoms with Crippen LogP contribution in [-0.2, 0) is 4.79 Å². The van der Waals surface area contributed by atoms with Crippen LogP contribution in [0.5, 0.6) is 0 Å². The van der Waals surface area contributed by atoms with Crippen LogP contribution in [0, 0.1) is 5.92 Å². The molecule has 0 aromatic carbocycles. The molecule has 1 fully saturated rings. The van der Waals surface area contributed by atoms with Gasteiger partial charge in [0.05, 0.1) is 18.7 Å². The monoisotopic (exact) mass is 227 g/mol. The molecule has 0 bridgehead atoms. The van der Waals surface area contributed by atoms with Gasteiger partial charge in [0.2, 0.25) is 5.91 Å². The number of rotatable bonds is 6. The predicted octanol–water partition coefficient (Wildman–Crippen LogP) is 2.19. The van der Waals surface area contributed by atoms with Crippen molar-refractivity contribution in [3.63, 3.8) is 0 Å². The lowest BCUT2D eigenvalue weighted by atomic mass is 9.88. The number of hydrogen-bond donors (Lipinski definition) is 1. The lowest BCUT2D eigenvalue weighted by Gasteiger charge is -2.47. The number of β-amino-alcohol motifs (C(OH)–C–C–N with tert-alkyl or cyclic N) is 1. The normalized spacial score (nSPS) is 18.7. The SMILES string of the molecule is CCCC(CCC)C(=O)N1CC(O)(CC)C1. The summed E-state index contributed by atoms with van der Waals surface area (Å²) in [5.41, 5.74) is -0.599. The van der Waals surface area contributed by atoms with Gasteiger partial charge in [0.25, 0.3) is 0 Å². The van der Waals surface area contributed by atoms with E-state index in [-0.39, 0.29) is 11.8 Å². The van der Waals surface area contributed by atoms with E-state index in [1.807, 2.05) is 11.8 Å². The Kier molecular flexibility index (Phi) is 4.78. The summed E-state index contributed by atoms with van der Waals surface area (Å²) in [5, 5.41) is 9.89. The van der Waals surface area contributed by atoms with E-state index >= 15 is 0 Å². The number of carbonyl (C=O) groups excluding carboxylic acids is 1. The van der Waals surface area contributed by atoms with E-state index in [1.165, 1.54) is 0 Å². The second-order valence-corrected chi connectivity index (χ2v) is 5.05. The first-order valence-electron chi connectivity index (χ1n) is 6.57. The van der Waals surface area contributed by atoms with Gasteiger partial charge in [-0.2, -0.15) is 0 Å². The van der Waals surface area contributed by atoms with Crippen molar-refractivity contribution < 1.29 is 9.90 Å². The molecule has 1 saturated heterocycles. The van der Waals surface area contributed by atoms with Gasteiger partial charge in [-0.05, 0) is 19.3 Å². The van der Waals surface area contributed by atoms with Gasteiger partial charge in [0.15, 0.2) is 0 Å². The Bertz CT molecular complexity index is 228. The summed E-state index contributed by atoms with van der Waals surface area (Å²) in [6, 6.07) is 0. The summed E-state index contributed by atoms with van der Waals surface area (Å²) in [7, 11) is 0. The number of likely N-dealkylation sites (tertiary alicyclic amines) is 1. The Balaban J connectivity index is 2.44. The Morgan fingerprint density at radius 3 is 2.12 bits per heavy atom. The summed E-state index contributed by atoms with van der Waals surface area (Å²) < 4.78 is 0. The topological polar surface area (TPSA) is 40.5 Å². The molecule has 3 heteroatoms. The summed E-state index contributed by atoms with van der Waals surface area (Å²) in [5.74, 6) is 0.429. The van der Waals surface area contributed by atoms with Crippen molar-refractivity contribution in [1.29, 1.82) is 0 Å². The van der Waals surface area contributed by atoms with Crippen LogP contribution < -0.4 is 0 Å². The first-order valence-corrected chi connectivity index (χ1v) is 6.57. The minimum atomic E-state index is -0.599. The van der Waals surface area contributed by atoms with E-state index in [9.17, 15) is 9.90 Å². The van der Waals surface area contributed by atoms with Crippen molar-refractivity contribution >= 4 is 5.91 Å². The molecule has 0 spiro atoms. The predicted molar refractivity (Wildman–Crippen MR) is 65.1 cm³/mol. The fourth-order valence-corrected chi connectivity index (χ4v) is 2.39. The molecule has 1 aliphatic rings. The zero-order valence-electron chi connectivity index (χ0n) is 10.8. The van der Waals surface area contributed by atoms with Crippen molar-refractivity contribution in [3.8, 4) is 0 Å². The highest BCUT2D eigenvalue weighted by Gasteiger charge is 2.43. The molecule has 1 rings (SSSR count). The molecule has 0 saturated carbocycles. The summed E-state index contributed by atoms with van der Waals surface area (Å²) >= 11 is 0. The highest BCUT2D eigenvalue weighted by molar-refractivity contribution is 5.80. The van der Waals surface area contributed by atoms with Crippen molar-refractivity contribution in [3.05, 3.63) is 0 Å². The molecule has 1 amide bonds. The van der Waals surface area contributed by atoms with Crippen molar-refractivity contribution in [2.45, 2.75) is 58.5 Å². The van der Waals surface area contributed by atoms with Gasteiger partial charge >= 0.3 is 0 Å². The third kappa shape index (κ3) is 2.97. The van der Waals surface area contributed by atoms with Gasteiger partial charge in [-0.1, -0.05) is 33.6 Å². The van der Waals surface area contributed by atoms with Crippen LogP contribution in [0.2, 0.25) is 0 Å². The number of carbonyl (C=O) groups is 1. The molecule has 1 heterocycles. The van der Waals surface area contributed by atoms with E-state index < -0.39 is 5.60 Å². The van der Waals surface area contributed by atoms with Gasteiger partial charge in [0.1, 0.15) is 0 Å². The average molecular weight is 227 g/mol. The highest BCUT2D eigenvalue weighted by Crippen LogP contribution is 2.27. The summed E-state index contributed by atoms with van der Waals surface area (Å²) in [4.78, 5) is 13.9. The maximum Gasteiger partial charge on any atom is 0.225 e. The van der Waals surface area contributed by atoms with Crippen molar-refractivity contribution in [1.82, 2.24) is 4.90 Å². The lowest BCUT2D eigenvalue weighted by molar-refractivity contribution is -0.160. The molecule has 0 aliphatic carbocycles. The standard InChI is InChI=1S/C13H25NO2/c1-4-7-11(8-5-2)12(15)14-9-13(16,6-3)10-14/h11,16H,4-10H2,1-3H3. The molecule has 1 aliphatic heterocycles. The largest absolute Gasteiger partial charge is 0.386 e. The van der Waals surface area contributed by atoms with Gasteiger partial charge in [-0.25, -0.2) is 0 Å². The summed E-state index contributed by atoms with van der Waals surface area (Å²) in [6.45, 7) is 7.28. The molecule has 0 atom stereocenters. The van der Waals surface area contributed by atoms with E-state index in [2.05, 4.69) is 13.8 Å². The van der Waals surface area contributed by atoms with Crippen molar-refractivity contribution in [2.24, 2.45) is 5.92 Å². The molecule has 1 N–H and O–H groups in total. The number of amides is 1. The first kappa shape index (κ1) is 13.5. The fourth-order valence-electron chi connectivity index (χ4n) is 2.39. The van der Waals surface area contributed by atoms with E-state index in [1.54, 1.807) is 0 Å². The van der Waals surface area contributed by atoms with E-state index in [0.717, 1.165) is 32.1 Å². The Morgan fingerprint density at radius 2 is 1.75 bits per heavy atom. The van der Waals surface area contributed by atoms with E-state index in [4.69, 9.17) is 0 Å². The zero-order chi connectivity index (χ0) is 12.2. The third-order valence-corrected chi connectivity index (χ3v) is 3.56. The second kappa shape index (κ2) is 5.67. The lowest BCUT2D eigenvalue weighted by Crippen LogP contribution is -2.64. The molecule has 0 radical (unpaired) electrons. The smallest absolute Gasteiger partial charge is 0.225 e. The zero-order valence-corrected chi connectivity index (χ0v) is 10.8. The van der Waals surface area contributed by atoms with Crippen LogP contribution in [0.1, 0.15) is 52.9 Å². The molecule has 0 aromatic rings. The number of nitrogens with zero attached hydrogens (tertiary/aromatic N) is 1. The van der Waals surface area contributed by atoms with Crippen LogP contribution in [0.4, 0.5) is 0 Å². The second-order valence-electron chi connectivity index (χ2n) is 5.05. The van der Waals surface area contributed by atoms with Crippen LogP contribution in [0.3, 0.4) is 0 Å². The molecule has 16 heavy (non-hydrogen) atoms. The third-order valence-electron chi connectivity index (χ3n) is 3.56. The van der Waals surface area contributed by atoms with Crippen LogP contribution >= 0.6 is 0 Å². The maximum atomic E-state index is 12.1. The molecular formula is C13H25NO2. The van der Waals surface area contributed by atoms with Gasteiger partial charge in [0, 0.05) is 5.92 Å². The van der Waals surface area contributed by atoms with Gasteiger partial charge in [-0.15, -0.1) is 0 Å². The van der Waals surface area contributed by atoms with Crippen LogP contribution in [0.15, 0.2) is 0 Å². The van der Waals surface area contributed by atoms with E-state index in [0.29, 0.717) is 13.1 Å². The first-order chi connectivity index (χ1) is 7.56. The molecule has 0 unspecified atom stereocenters. The Hall–Kier alpha value is -0.570. The Labute approximate surface area is 98.8 Å². The Morgan fingerprint density at radius 1 is 1.25 bits per heavy atom.